The standard InChI is InChI=1S/C17H26N2O/c1-11-7-5-6-10-19(11)17(4)9-8-14-15(16(17)20)12(2)13(3)18-14/h11,18H,5-10H2,1-4H3. The van der Waals surface area contributed by atoms with E-state index < -0.39 is 0 Å². The number of hydrogen-bond donors (Lipinski definition) is 1. The zero-order valence-corrected chi connectivity index (χ0v) is 13.2. The van der Waals surface area contributed by atoms with Crippen LogP contribution in [0.4, 0.5) is 0 Å². The summed E-state index contributed by atoms with van der Waals surface area (Å²) in [5.41, 5.74) is 4.15. The maximum Gasteiger partial charge on any atom is 0.184 e. The van der Waals surface area contributed by atoms with Crippen molar-refractivity contribution in [2.24, 2.45) is 0 Å². The molecule has 1 aliphatic heterocycles. The number of fused-ring (bicyclic) bond motifs is 1. The molecule has 1 aliphatic carbocycles. The summed E-state index contributed by atoms with van der Waals surface area (Å²) in [6, 6.07) is 0.527. The van der Waals surface area contributed by atoms with Crippen LogP contribution in [0.2, 0.25) is 0 Å². The first-order chi connectivity index (χ1) is 9.45. The normalized spacial score (nSPS) is 31.4. The number of H-pyrrole nitrogens is 1. The molecule has 0 saturated carbocycles. The summed E-state index contributed by atoms with van der Waals surface area (Å²) >= 11 is 0. The largest absolute Gasteiger partial charge is 0.362 e. The number of piperidine rings is 1. The minimum Gasteiger partial charge on any atom is -0.362 e. The molecular weight excluding hydrogens is 248 g/mol. The first kappa shape index (κ1) is 13.9. The molecule has 20 heavy (non-hydrogen) atoms. The van der Waals surface area contributed by atoms with E-state index in [1.54, 1.807) is 0 Å². The van der Waals surface area contributed by atoms with Gasteiger partial charge < -0.3 is 4.98 Å². The van der Waals surface area contributed by atoms with Crippen LogP contribution in [-0.2, 0) is 6.42 Å². The fraction of sp³-hybridized carbons (Fsp3) is 0.706. The van der Waals surface area contributed by atoms with Crippen molar-refractivity contribution in [3.63, 3.8) is 0 Å². The van der Waals surface area contributed by atoms with Gasteiger partial charge in [-0.15, -0.1) is 0 Å². The maximum atomic E-state index is 13.2. The van der Waals surface area contributed by atoms with Crippen LogP contribution in [0.5, 0.6) is 0 Å². The number of aromatic nitrogens is 1. The summed E-state index contributed by atoms with van der Waals surface area (Å²) in [5.74, 6) is 0.342. The molecule has 0 aromatic carbocycles. The first-order valence-corrected chi connectivity index (χ1v) is 7.94. The average Bonchev–Trinajstić information content (AvgIpc) is 2.71. The number of carbonyl (C=O) groups is 1. The summed E-state index contributed by atoms with van der Waals surface area (Å²) in [6.45, 7) is 9.67. The van der Waals surface area contributed by atoms with E-state index in [1.807, 2.05) is 0 Å². The lowest BCUT2D eigenvalue weighted by Crippen LogP contribution is -2.59. The van der Waals surface area contributed by atoms with Crippen LogP contribution in [0.1, 0.15) is 66.8 Å². The van der Waals surface area contributed by atoms with Gasteiger partial charge in [-0.1, -0.05) is 6.42 Å². The number of ketones is 1. The van der Waals surface area contributed by atoms with Crippen molar-refractivity contribution in [1.29, 1.82) is 0 Å². The van der Waals surface area contributed by atoms with Crippen molar-refractivity contribution in [2.45, 2.75) is 71.4 Å². The third-order valence-corrected chi connectivity index (χ3v) is 5.59. The quantitative estimate of drug-likeness (QED) is 0.852. The van der Waals surface area contributed by atoms with Gasteiger partial charge in [-0.25, -0.2) is 0 Å². The molecule has 3 heteroatoms. The SMILES string of the molecule is Cc1[nH]c2c(c1C)C(=O)C(C)(N1CCCCC1C)CC2. The minimum absolute atomic E-state index is 0.299. The third-order valence-electron chi connectivity index (χ3n) is 5.59. The zero-order valence-electron chi connectivity index (χ0n) is 13.2. The van der Waals surface area contributed by atoms with Crippen molar-refractivity contribution in [3.8, 4) is 0 Å². The van der Waals surface area contributed by atoms with Gasteiger partial charge in [0.15, 0.2) is 5.78 Å². The van der Waals surface area contributed by atoms with Crippen LogP contribution in [0.3, 0.4) is 0 Å². The summed E-state index contributed by atoms with van der Waals surface area (Å²) in [4.78, 5) is 19.0. The number of aromatic amines is 1. The molecule has 1 aromatic rings. The highest BCUT2D eigenvalue weighted by Gasteiger charge is 2.46. The van der Waals surface area contributed by atoms with E-state index >= 15 is 0 Å². The number of nitrogens with zero attached hydrogens (tertiary/aromatic N) is 1. The zero-order chi connectivity index (χ0) is 14.5. The summed E-state index contributed by atoms with van der Waals surface area (Å²) in [5, 5.41) is 0. The highest BCUT2D eigenvalue weighted by Crippen LogP contribution is 2.38. The highest BCUT2D eigenvalue weighted by molar-refractivity contribution is 6.06. The summed E-state index contributed by atoms with van der Waals surface area (Å²) < 4.78 is 0. The smallest absolute Gasteiger partial charge is 0.184 e. The van der Waals surface area contributed by atoms with Gasteiger partial charge >= 0.3 is 0 Å². The lowest BCUT2D eigenvalue weighted by atomic mass is 9.76. The van der Waals surface area contributed by atoms with E-state index in [0.29, 0.717) is 11.8 Å². The molecule has 0 amide bonds. The number of rotatable bonds is 1. The van der Waals surface area contributed by atoms with Gasteiger partial charge in [0.05, 0.1) is 5.54 Å². The Balaban J connectivity index is 2.00. The molecule has 110 valence electrons. The Hall–Kier alpha value is -1.09. The van der Waals surface area contributed by atoms with Crippen molar-refractivity contribution in [1.82, 2.24) is 9.88 Å². The number of carbonyl (C=O) groups excluding carboxylic acids is 1. The van der Waals surface area contributed by atoms with Gasteiger partial charge in [0, 0.05) is 23.0 Å². The molecule has 2 atom stereocenters. The minimum atomic E-state index is -0.299. The Morgan fingerprint density at radius 1 is 1.30 bits per heavy atom. The van der Waals surface area contributed by atoms with Gasteiger partial charge in [-0.2, -0.15) is 0 Å². The fourth-order valence-corrected chi connectivity index (χ4v) is 4.15. The van der Waals surface area contributed by atoms with Crippen LogP contribution < -0.4 is 0 Å². The van der Waals surface area contributed by atoms with Crippen molar-refractivity contribution in [2.75, 3.05) is 6.54 Å². The number of hydrogen-bond acceptors (Lipinski definition) is 2. The fourth-order valence-electron chi connectivity index (χ4n) is 4.15. The van der Waals surface area contributed by atoms with E-state index in [2.05, 4.69) is 37.6 Å². The Kier molecular flexibility index (Phi) is 3.28. The molecule has 1 fully saturated rings. The summed E-state index contributed by atoms with van der Waals surface area (Å²) in [6.07, 6.45) is 5.69. The van der Waals surface area contributed by atoms with E-state index in [1.165, 1.54) is 19.3 Å². The Bertz CT molecular complexity index is 545. The Morgan fingerprint density at radius 2 is 2.05 bits per heavy atom. The monoisotopic (exact) mass is 274 g/mol. The predicted octanol–water partition coefficient (Wildman–Crippen LogP) is 3.39. The van der Waals surface area contributed by atoms with Gasteiger partial charge in [-0.3, -0.25) is 9.69 Å². The predicted molar refractivity (Wildman–Crippen MR) is 81.3 cm³/mol. The third kappa shape index (κ3) is 1.86. The molecule has 3 rings (SSSR count). The number of likely N-dealkylation sites (tertiary alicyclic amines) is 1. The van der Waals surface area contributed by atoms with E-state index in [9.17, 15) is 4.79 Å². The lowest BCUT2D eigenvalue weighted by Gasteiger charge is -2.47. The molecule has 0 radical (unpaired) electrons. The number of nitrogens with one attached hydrogen (secondary N) is 1. The molecule has 1 aromatic heterocycles. The first-order valence-electron chi connectivity index (χ1n) is 7.94. The van der Waals surface area contributed by atoms with Crippen molar-refractivity contribution in [3.05, 3.63) is 22.5 Å². The van der Waals surface area contributed by atoms with E-state index in [-0.39, 0.29) is 5.54 Å². The number of aryl methyl sites for hydroxylation is 2. The second kappa shape index (κ2) is 4.73. The second-order valence-electron chi connectivity index (χ2n) is 6.87. The second-order valence-corrected chi connectivity index (χ2v) is 6.87. The van der Waals surface area contributed by atoms with Crippen LogP contribution in [0.25, 0.3) is 0 Å². The van der Waals surface area contributed by atoms with Gasteiger partial charge in [0.25, 0.3) is 0 Å². The molecule has 1 N–H and O–H groups in total. The van der Waals surface area contributed by atoms with Gasteiger partial charge in [0.1, 0.15) is 0 Å². The van der Waals surface area contributed by atoms with Crippen LogP contribution in [0.15, 0.2) is 0 Å². The molecule has 2 heterocycles. The molecule has 0 bridgehead atoms. The van der Waals surface area contributed by atoms with E-state index in [0.717, 1.165) is 41.9 Å². The summed E-state index contributed by atoms with van der Waals surface area (Å²) in [7, 11) is 0. The molecule has 3 nitrogen and oxygen atoms in total. The molecule has 1 saturated heterocycles. The molecule has 2 unspecified atom stereocenters. The number of Topliss-reactive ketones (excluding diaryl/α,β-unsaturated/α-hetero) is 1. The van der Waals surface area contributed by atoms with E-state index in [4.69, 9.17) is 0 Å². The molecule has 2 aliphatic rings. The van der Waals surface area contributed by atoms with Crippen LogP contribution in [-0.4, -0.2) is 33.8 Å². The van der Waals surface area contributed by atoms with Gasteiger partial charge in [0.2, 0.25) is 0 Å². The topological polar surface area (TPSA) is 36.1 Å². The Morgan fingerprint density at radius 3 is 2.75 bits per heavy atom. The molecule has 0 spiro atoms. The highest BCUT2D eigenvalue weighted by atomic mass is 16.1. The Labute approximate surface area is 121 Å². The van der Waals surface area contributed by atoms with Crippen LogP contribution in [0, 0.1) is 13.8 Å². The van der Waals surface area contributed by atoms with Crippen LogP contribution >= 0.6 is 0 Å². The lowest BCUT2D eigenvalue weighted by molar-refractivity contribution is 0.0249. The molecular formula is C17H26N2O. The average molecular weight is 274 g/mol. The van der Waals surface area contributed by atoms with Gasteiger partial charge in [-0.05, 0) is 65.5 Å². The maximum absolute atomic E-state index is 13.2. The van der Waals surface area contributed by atoms with Crippen molar-refractivity contribution >= 4 is 5.78 Å². The van der Waals surface area contributed by atoms with Crippen molar-refractivity contribution < 1.29 is 4.79 Å².